The third-order valence-corrected chi connectivity index (χ3v) is 5.62. The molecule has 3 rings (SSSR count). The lowest BCUT2D eigenvalue weighted by Crippen LogP contribution is -2.37. The molecule has 0 saturated heterocycles. The molecule has 0 spiro atoms. The average molecular weight is 514 g/mol. The molecule has 2 N–H and O–H groups in total. The lowest BCUT2D eigenvalue weighted by molar-refractivity contribution is 0.0277. The number of benzene rings is 1. The minimum absolute atomic E-state index is 0. The minimum atomic E-state index is 0. The zero-order valence-electron chi connectivity index (χ0n) is 16.5. The summed E-state index contributed by atoms with van der Waals surface area (Å²) in [4.78, 5) is 8.99. The molecule has 0 unspecified atom stereocenters. The van der Waals surface area contributed by atoms with Gasteiger partial charge in [0.2, 0.25) is 0 Å². The molecule has 1 heterocycles. The van der Waals surface area contributed by atoms with Gasteiger partial charge in [0, 0.05) is 31.1 Å². The molecule has 5 nitrogen and oxygen atoms in total. The molecule has 0 radical (unpaired) electrons. The van der Waals surface area contributed by atoms with Crippen LogP contribution in [0.15, 0.2) is 40.7 Å². The third kappa shape index (κ3) is 7.67. The van der Waals surface area contributed by atoms with Gasteiger partial charge in [0.1, 0.15) is 5.01 Å². The van der Waals surface area contributed by atoms with Gasteiger partial charge in [-0.25, -0.2) is 4.98 Å². The summed E-state index contributed by atoms with van der Waals surface area (Å²) in [6, 6.07) is 10.3. The van der Waals surface area contributed by atoms with E-state index < -0.39 is 0 Å². The van der Waals surface area contributed by atoms with Crippen LogP contribution in [-0.2, 0) is 11.3 Å². The molecule has 7 heteroatoms. The van der Waals surface area contributed by atoms with Gasteiger partial charge in [-0.15, -0.1) is 35.3 Å². The highest BCUT2D eigenvalue weighted by molar-refractivity contribution is 14.0. The summed E-state index contributed by atoms with van der Waals surface area (Å²) in [6.45, 7) is 2.36. The number of nitrogens with one attached hydrogen (secondary N) is 2. The number of hydrogen-bond donors (Lipinski definition) is 2. The van der Waals surface area contributed by atoms with Gasteiger partial charge in [-0.2, -0.15) is 0 Å². The first-order valence-corrected chi connectivity index (χ1v) is 10.8. The van der Waals surface area contributed by atoms with Crippen molar-refractivity contribution in [1.82, 2.24) is 15.6 Å². The van der Waals surface area contributed by atoms with Crippen LogP contribution in [0.1, 0.15) is 43.5 Å². The van der Waals surface area contributed by atoms with E-state index >= 15 is 0 Å². The lowest BCUT2D eigenvalue weighted by Gasteiger charge is -2.22. The van der Waals surface area contributed by atoms with E-state index in [2.05, 4.69) is 33.1 Å². The van der Waals surface area contributed by atoms with Gasteiger partial charge >= 0.3 is 0 Å². The highest BCUT2D eigenvalue weighted by Gasteiger charge is 2.13. The van der Waals surface area contributed by atoms with Gasteiger partial charge < -0.3 is 15.4 Å². The predicted octanol–water partition coefficient (Wildman–Crippen LogP) is 4.83. The molecular formula is C21H31IN4OS. The van der Waals surface area contributed by atoms with E-state index in [-0.39, 0.29) is 24.0 Å². The fourth-order valence-corrected chi connectivity index (χ4v) is 4.02. The number of hydrogen-bond acceptors (Lipinski definition) is 4. The second-order valence-electron chi connectivity index (χ2n) is 6.83. The maximum Gasteiger partial charge on any atom is 0.191 e. The molecule has 154 valence electrons. The fourth-order valence-electron chi connectivity index (χ4n) is 3.27. The molecule has 1 aromatic carbocycles. The SMILES string of the molecule is CN=C(NCCCOC1CCCCC1)NCc1nc(-c2ccccc2)cs1.I. The number of nitrogens with zero attached hydrogens (tertiary/aromatic N) is 2. The summed E-state index contributed by atoms with van der Waals surface area (Å²) < 4.78 is 5.96. The van der Waals surface area contributed by atoms with Crippen LogP contribution in [0.4, 0.5) is 0 Å². The smallest absolute Gasteiger partial charge is 0.191 e. The van der Waals surface area contributed by atoms with Crippen molar-refractivity contribution in [1.29, 1.82) is 0 Å². The van der Waals surface area contributed by atoms with Crippen molar-refractivity contribution in [2.45, 2.75) is 51.2 Å². The molecule has 0 aliphatic heterocycles. The first kappa shape index (κ1) is 23.1. The van der Waals surface area contributed by atoms with Crippen LogP contribution >= 0.6 is 35.3 Å². The number of rotatable bonds is 8. The molecule has 0 bridgehead atoms. The average Bonchev–Trinajstić information content (AvgIpc) is 3.20. The van der Waals surface area contributed by atoms with Crippen molar-refractivity contribution in [2.24, 2.45) is 4.99 Å². The first-order chi connectivity index (χ1) is 13.3. The van der Waals surface area contributed by atoms with Crippen molar-refractivity contribution >= 4 is 41.3 Å². The summed E-state index contributed by atoms with van der Waals surface area (Å²) in [5.41, 5.74) is 2.18. The third-order valence-electron chi connectivity index (χ3n) is 4.77. The summed E-state index contributed by atoms with van der Waals surface area (Å²) in [7, 11) is 1.80. The van der Waals surface area contributed by atoms with E-state index in [4.69, 9.17) is 9.72 Å². The normalized spacial score (nSPS) is 15.1. The van der Waals surface area contributed by atoms with E-state index in [1.54, 1.807) is 18.4 Å². The topological polar surface area (TPSA) is 58.5 Å². The van der Waals surface area contributed by atoms with Crippen LogP contribution in [-0.4, -0.2) is 37.2 Å². The minimum Gasteiger partial charge on any atom is -0.378 e. The summed E-state index contributed by atoms with van der Waals surface area (Å²) in [5.74, 6) is 0.809. The van der Waals surface area contributed by atoms with Gasteiger partial charge in [-0.3, -0.25) is 4.99 Å². The number of ether oxygens (including phenoxy) is 1. The molecule has 1 fully saturated rings. The summed E-state index contributed by atoms with van der Waals surface area (Å²) in [5, 5.41) is 9.84. The summed E-state index contributed by atoms with van der Waals surface area (Å²) in [6.07, 6.45) is 7.96. The van der Waals surface area contributed by atoms with E-state index in [1.807, 2.05) is 18.2 Å². The van der Waals surface area contributed by atoms with Crippen LogP contribution in [0.3, 0.4) is 0 Å². The monoisotopic (exact) mass is 514 g/mol. The lowest BCUT2D eigenvalue weighted by atomic mass is 9.98. The summed E-state index contributed by atoms with van der Waals surface area (Å²) >= 11 is 1.67. The highest BCUT2D eigenvalue weighted by atomic mass is 127. The second kappa shape index (κ2) is 13.1. The number of guanidine groups is 1. The largest absolute Gasteiger partial charge is 0.378 e. The first-order valence-electron chi connectivity index (χ1n) is 9.91. The van der Waals surface area contributed by atoms with Crippen LogP contribution in [0, 0.1) is 0 Å². The van der Waals surface area contributed by atoms with E-state index in [1.165, 1.54) is 32.1 Å². The van der Waals surface area contributed by atoms with Gasteiger partial charge in [0.05, 0.1) is 18.3 Å². The van der Waals surface area contributed by atoms with Crippen LogP contribution < -0.4 is 10.6 Å². The number of aliphatic imine (C=N–C) groups is 1. The Morgan fingerprint density at radius 1 is 1.18 bits per heavy atom. The molecule has 0 amide bonds. The zero-order chi connectivity index (χ0) is 18.7. The van der Waals surface area contributed by atoms with Crippen LogP contribution in [0.2, 0.25) is 0 Å². The predicted molar refractivity (Wildman–Crippen MR) is 129 cm³/mol. The zero-order valence-corrected chi connectivity index (χ0v) is 19.7. The van der Waals surface area contributed by atoms with E-state index in [0.29, 0.717) is 12.6 Å². The molecule has 2 aromatic rings. The molecule has 1 aliphatic rings. The van der Waals surface area contributed by atoms with Gasteiger partial charge in [-0.05, 0) is 19.3 Å². The maximum absolute atomic E-state index is 5.96. The molecule has 0 atom stereocenters. The Balaban J connectivity index is 0.00000280. The second-order valence-corrected chi connectivity index (χ2v) is 7.77. The Kier molecular flexibility index (Phi) is 10.8. The van der Waals surface area contributed by atoms with E-state index in [9.17, 15) is 0 Å². The number of aromatic nitrogens is 1. The Morgan fingerprint density at radius 2 is 1.96 bits per heavy atom. The number of thiazole rings is 1. The quantitative estimate of drug-likeness (QED) is 0.229. The van der Waals surface area contributed by atoms with Crippen molar-refractivity contribution in [3.63, 3.8) is 0 Å². The van der Waals surface area contributed by atoms with Crippen molar-refractivity contribution in [3.8, 4) is 11.3 Å². The van der Waals surface area contributed by atoms with Gasteiger partial charge in [-0.1, -0.05) is 49.6 Å². The van der Waals surface area contributed by atoms with E-state index in [0.717, 1.165) is 41.8 Å². The highest BCUT2D eigenvalue weighted by Crippen LogP contribution is 2.21. The number of halogens is 1. The molecule has 28 heavy (non-hydrogen) atoms. The molecule has 1 aliphatic carbocycles. The van der Waals surface area contributed by atoms with Gasteiger partial charge in [0.25, 0.3) is 0 Å². The molecule has 1 saturated carbocycles. The van der Waals surface area contributed by atoms with Crippen molar-refractivity contribution < 1.29 is 4.74 Å². The van der Waals surface area contributed by atoms with Gasteiger partial charge in [0.15, 0.2) is 5.96 Å². The standard InChI is InChI=1S/C21H30N4OS.HI/c1-22-21(23-13-8-14-26-18-11-6-3-7-12-18)24-15-20-25-19(16-27-20)17-9-4-2-5-10-17;/h2,4-5,9-10,16,18H,3,6-8,11-15H2,1H3,(H2,22,23,24);1H. The van der Waals surface area contributed by atoms with Crippen LogP contribution in [0.25, 0.3) is 11.3 Å². The Morgan fingerprint density at radius 3 is 2.71 bits per heavy atom. The fraction of sp³-hybridized carbons (Fsp3) is 0.524. The Labute approximate surface area is 189 Å². The molecule has 1 aromatic heterocycles. The maximum atomic E-state index is 5.96. The van der Waals surface area contributed by atoms with Crippen molar-refractivity contribution in [3.05, 3.63) is 40.7 Å². The van der Waals surface area contributed by atoms with Crippen LogP contribution in [0.5, 0.6) is 0 Å². The molecular weight excluding hydrogens is 483 g/mol. The van der Waals surface area contributed by atoms with Crippen molar-refractivity contribution in [2.75, 3.05) is 20.2 Å². The Bertz CT molecular complexity index is 701. The Hall–Kier alpha value is -1.19.